The molecule has 0 fully saturated rings. The van der Waals surface area contributed by atoms with Gasteiger partial charge in [0.05, 0.1) is 6.61 Å². The first-order chi connectivity index (χ1) is 7.61. The van der Waals surface area contributed by atoms with Crippen LogP contribution in [0.4, 0.5) is 0 Å². The lowest BCUT2D eigenvalue weighted by atomic mass is 10.1. The fourth-order valence-electron chi connectivity index (χ4n) is 1.40. The first kappa shape index (κ1) is 12.7. The van der Waals surface area contributed by atoms with Crippen LogP contribution < -0.4 is 11.1 Å². The molecule has 88 valence electrons. The minimum absolute atomic E-state index is 0.0155. The van der Waals surface area contributed by atoms with E-state index >= 15 is 0 Å². The van der Waals surface area contributed by atoms with Gasteiger partial charge in [0.15, 0.2) is 0 Å². The quantitative estimate of drug-likeness (QED) is 0.680. The molecular weight excluding hydrogens is 204 g/mol. The lowest BCUT2D eigenvalue weighted by molar-refractivity contribution is -0.121. The summed E-state index contributed by atoms with van der Waals surface area (Å²) in [5.41, 5.74) is 7.34. The van der Waals surface area contributed by atoms with Crippen molar-refractivity contribution in [2.75, 3.05) is 0 Å². The largest absolute Gasteiger partial charge is 0.392 e. The molecule has 4 heteroatoms. The number of carbonyl (C=O) groups is 1. The van der Waals surface area contributed by atoms with Gasteiger partial charge in [0.1, 0.15) is 0 Å². The molecule has 1 rings (SSSR count). The predicted octanol–water partition coefficient (Wildman–Crippen LogP) is 0.532. The van der Waals surface area contributed by atoms with Gasteiger partial charge in [-0.3, -0.25) is 4.79 Å². The van der Waals surface area contributed by atoms with Crippen molar-refractivity contribution in [3.8, 4) is 0 Å². The van der Waals surface area contributed by atoms with Crippen LogP contribution in [-0.4, -0.2) is 17.1 Å². The lowest BCUT2D eigenvalue weighted by Gasteiger charge is -2.08. The van der Waals surface area contributed by atoms with Crippen molar-refractivity contribution < 1.29 is 9.90 Å². The van der Waals surface area contributed by atoms with Gasteiger partial charge in [-0.25, -0.2) is 0 Å². The molecule has 1 amide bonds. The normalized spacial score (nSPS) is 12.2. The third-order valence-electron chi connectivity index (χ3n) is 2.17. The van der Waals surface area contributed by atoms with Gasteiger partial charge in [0.25, 0.3) is 0 Å². The Morgan fingerprint density at radius 1 is 1.50 bits per heavy atom. The van der Waals surface area contributed by atoms with Crippen molar-refractivity contribution in [1.29, 1.82) is 0 Å². The van der Waals surface area contributed by atoms with Crippen LogP contribution in [0.25, 0.3) is 0 Å². The number of benzene rings is 1. The van der Waals surface area contributed by atoms with Crippen LogP contribution >= 0.6 is 0 Å². The fraction of sp³-hybridized carbons (Fsp3) is 0.417. The highest BCUT2D eigenvalue weighted by Crippen LogP contribution is 2.04. The zero-order valence-corrected chi connectivity index (χ0v) is 9.44. The minimum atomic E-state index is -0.122. The minimum Gasteiger partial charge on any atom is -0.392 e. The molecule has 1 unspecified atom stereocenters. The molecule has 0 aromatic heterocycles. The van der Waals surface area contributed by atoms with Crippen molar-refractivity contribution >= 4 is 5.91 Å². The van der Waals surface area contributed by atoms with Gasteiger partial charge in [0, 0.05) is 19.0 Å². The molecule has 4 N–H and O–H groups in total. The number of amides is 1. The molecule has 0 aliphatic rings. The Kier molecular flexibility index (Phi) is 4.95. The molecule has 0 aliphatic carbocycles. The monoisotopic (exact) mass is 222 g/mol. The number of rotatable bonds is 5. The molecule has 0 saturated heterocycles. The maximum atomic E-state index is 11.3. The molecule has 0 radical (unpaired) electrons. The van der Waals surface area contributed by atoms with Crippen LogP contribution in [0.15, 0.2) is 24.3 Å². The first-order valence-electron chi connectivity index (χ1n) is 5.32. The number of hydrogen-bond donors (Lipinski definition) is 3. The topological polar surface area (TPSA) is 75.4 Å². The molecule has 1 atom stereocenters. The number of carbonyl (C=O) groups excluding carboxylic acids is 1. The summed E-state index contributed by atoms with van der Waals surface area (Å²) < 4.78 is 0. The molecule has 0 bridgehead atoms. The fourth-order valence-corrected chi connectivity index (χ4v) is 1.40. The number of nitrogens with one attached hydrogen (secondary N) is 1. The smallest absolute Gasteiger partial charge is 0.221 e. The summed E-state index contributed by atoms with van der Waals surface area (Å²) >= 11 is 0. The van der Waals surface area contributed by atoms with Crippen molar-refractivity contribution in [2.24, 2.45) is 5.73 Å². The van der Waals surface area contributed by atoms with E-state index < -0.39 is 0 Å². The summed E-state index contributed by atoms with van der Waals surface area (Å²) in [6.07, 6.45) is 0.333. The summed E-state index contributed by atoms with van der Waals surface area (Å²) in [5, 5.41) is 11.7. The van der Waals surface area contributed by atoms with Gasteiger partial charge in [-0.05, 0) is 18.1 Å². The van der Waals surface area contributed by atoms with E-state index in [1.54, 1.807) is 6.92 Å². The van der Waals surface area contributed by atoms with E-state index in [1.807, 2.05) is 24.3 Å². The van der Waals surface area contributed by atoms with E-state index in [4.69, 9.17) is 10.8 Å². The summed E-state index contributed by atoms with van der Waals surface area (Å²) in [6.45, 7) is 2.28. The van der Waals surface area contributed by atoms with E-state index in [2.05, 4.69) is 5.32 Å². The van der Waals surface area contributed by atoms with E-state index in [0.29, 0.717) is 13.0 Å². The molecule has 0 spiro atoms. The molecular formula is C12H18N2O2. The highest BCUT2D eigenvalue weighted by Gasteiger charge is 2.04. The summed E-state index contributed by atoms with van der Waals surface area (Å²) in [7, 11) is 0. The van der Waals surface area contributed by atoms with Gasteiger partial charge in [-0.15, -0.1) is 0 Å². The highest BCUT2D eigenvalue weighted by atomic mass is 16.3. The van der Waals surface area contributed by atoms with Crippen LogP contribution in [-0.2, 0) is 17.9 Å². The second-order valence-corrected chi connectivity index (χ2v) is 3.94. The summed E-state index contributed by atoms with van der Waals surface area (Å²) in [4.78, 5) is 11.3. The van der Waals surface area contributed by atoms with Crippen LogP contribution in [0.1, 0.15) is 24.5 Å². The molecule has 4 nitrogen and oxygen atoms in total. The number of aliphatic hydroxyl groups is 1. The second kappa shape index (κ2) is 6.25. The first-order valence-corrected chi connectivity index (χ1v) is 5.32. The van der Waals surface area contributed by atoms with E-state index in [9.17, 15) is 4.79 Å². The Balaban J connectivity index is 2.45. The molecule has 0 aliphatic heterocycles. The Hall–Kier alpha value is -1.39. The maximum absolute atomic E-state index is 11.3. The van der Waals surface area contributed by atoms with Gasteiger partial charge in [-0.1, -0.05) is 24.3 Å². The zero-order chi connectivity index (χ0) is 12.0. The van der Waals surface area contributed by atoms with Gasteiger partial charge in [0.2, 0.25) is 5.91 Å². The Bertz CT molecular complexity index is 351. The molecule has 0 saturated carbocycles. The van der Waals surface area contributed by atoms with Crippen LogP contribution in [0.2, 0.25) is 0 Å². The van der Waals surface area contributed by atoms with Crippen molar-refractivity contribution in [3.05, 3.63) is 35.4 Å². The number of aliphatic hydroxyl groups excluding tert-OH is 1. The van der Waals surface area contributed by atoms with Gasteiger partial charge in [-0.2, -0.15) is 0 Å². The van der Waals surface area contributed by atoms with Crippen LogP contribution in [0.3, 0.4) is 0 Å². The Labute approximate surface area is 95.5 Å². The second-order valence-electron chi connectivity index (χ2n) is 3.94. The van der Waals surface area contributed by atoms with E-state index in [1.165, 1.54) is 0 Å². The van der Waals surface area contributed by atoms with Gasteiger partial charge < -0.3 is 16.2 Å². The predicted molar refractivity (Wildman–Crippen MR) is 62.5 cm³/mol. The third kappa shape index (κ3) is 4.42. The Morgan fingerprint density at radius 3 is 2.81 bits per heavy atom. The summed E-state index contributed by atoms with van der Waals surface area (Å²) in [5.74, 6) is -0.0515. The standard InChI is InChI=1S/C12H18N2O2/c1-9(13)5-12(16)14-7-10-3-2-4-11(6-10)8-15/h2-4,6,9,15H,5,7-8,13H2,1H3,(H,14,16). The average molecular weight is 222 g/mol. The summed E-state index contributed by atoms with van der Waals surface area (Å²) in [6, 6.07) is 7.35. The van der Waals surface area contributed by atoms with Gasteiger partial charge >= 0.3 is 0 Å². The Morgan fingerprint density at radius 2 is 2.19 bits per heavy atom. The molecule has 16 heavy (non-hydrogen) atoms. The van der Waals surface area contributed by atoms with Crippen molar-refractivity contribution in [2.45, 2.75) is 32.5 Å². The van der Waals surface area contributed by atoms with Crippen molar-refractivity contribution in [3.63, 3.8) is 0 Å². The van der Waals surface area contributed by atoms with Crippen LogP contribution in [0.5, 0.6) is 0 Å². The molecule has 1 aromatic carbocycles. The number of nitrogens with two attached hydrogens (primary N) is 1. The SMILES string of the molecule is CC(N)CC(=O)NCc1cccc(CO)c1. The maximum Gasteiger partial charge on any atom is 0.221 e. The average Bonchev–Trinajstić information content (AvgIpc) is 2.26. The molecule has 1 aromatic rings. The van der Waals surface area contributed by atoms with Crippen molar-refractivity contribution in [1.82, 2.24) is 5.32 Å². The van der Waals surface area contributed by atoms with Crippen LogP contribution in [0, 0.1) is 0 Å². The lowest BCUT2D eigenvalue weighted by Crippen LogP contribution is -2.29. The van der Waals surface area contributed by atoms with E-state index in [0.717, 1.165) is 11.1 Å². The van der Waals surface area contributed by atoms with E-state index in [-0.39, 0.29) is 18.6 Å². The third-order valence-corrected chi connectivity index (χ3v) is 2.17. The molecule has 0 heterocycles. The highest BCUT2D eigenvalue weighted by molar-refractivity contribution is 5.76. The number of hydrogen-bond acceptors (Lipinski definition) is 3. The zero-order valence-electron chi connectivity index (χ0n) is 9.44.